The third-order valence-electron chi connectivity index (χ3n) is 5.34. The van der Waals surface area contributed by atoms with Crippen molar-refractivity contribution in [2.24, 2.45) is 5.41 Å². The molecule has 30 heavy (non-hydrogen) atoms. The van der Waals surface area contributed by atoms with E-state index in [4.69, 9.17) is 14.2 Å². The Labute approximate surface area is 184 Å². The largest absolute Gasteiger partial charge is 0.497 e. The Kier molecular flexibility index (Phi) is 9.59. The van der Waals surface area contributed by atoms with E-state index in [9.17, 15) is 4.79 Å². The molecule has 0 unspecified atom stereocenters. The molecule has 1 heterocycles. The van der Waals surface area contributed by atoms with Gasteiger partial charge in [-0.3, -0.25) is 4.79 Å². The number of nitrogens with one attached hydrogen (secondary N) is 2. The van der Waals surface area contributed by atoms with Gasteiger partial charge in [0, 0.05) is 12.8 Å². The first kappa shape index (κ1) is 24.2. The minimum Gasteiger partial charge on any atom is -0.497 e. The molecule has 1 aliphatic heterocycles. The van der Waals surface area contributed by atoms with Crippen molar-refractivity contribution in [1.29, 1.82) is 0 Å². The number of carbonyl (C=O) groups is 1. The fraction of sp³-hybridized carbons (Fsp3) is 0.435. The van der Waals surface area contributed by atoms with Gasteiger partial charge in [0.15, 0.2) is 0 Å². The van der Waals surface area contributed by atoms with Crippen molar-refractivity contribution in [2.75, 3.05) is 39.2 Å². The van der Waals surface area contributed by atoms with Gasteiger partial charge in [-0.25, -0.2) is 0 Å². The summed E-state index contributed by atoms with van der Waals surface area (Å²) in [6.07, 6.45) is 1.55. The highest BCUT2D eigenvalue weighted by Gasteiger charge is 2.39. The average molecular weight is 435 g/mol. The fourth-order valence-electron chi connectivity index (χ4n) is 3.63. The molecule has 0 saturated carbocycles. The van der Waals surface area contributed by atoms with Gasteiger partial charge in [-0.15, -0.1) is 12.4 Å². The quantitative estimate of drug-likeness (QED) is 0.628. The topological polar surface area (TPSA) is 68.8 Å². The highest BCUT2D eigenvalue weighted by Crippen LogP contribution is 2.31. The maximum Gasteiger partial charge on any atom is 0.233 e. The van der Waals surface area contributed by atoms with Crippen molar-refractivity contribution in [3.63, 3.8) is 0 Å². The van der Waals surface area contributed by atoms with Crippen LogP contribution in [0.3, 0.4) is 0 Å². The predicted octanol–water partition coefficient (Wildman–Crippen LogP) is 3.79. The Morgan fingerprint density at radius 1 is 1.03 bits per heavy atom. The van der Waals surface area contributed by atoms with Crippen LogP contribution in [-0.2, 0) is 27.5 Å². The van der Waals surface area contributed by atoms with E-state index >= 15 is 0 Å². The van der Waals surface area contributed by atoms with Crippen LogP contribution in [0.1, 0.15) is 24.0 Å². The number of ether oxygens (including phenoxy) is 3. The van der Waals surface area contributed by atoms with Crippen molar-refractivity contribution in [3.05, 3.63) is 59.7 Å². The number of anilines is 1. The highest BCUT2D eigenvalue weighted by molar-refractivity contribution is 5.95. The molecule has 0 bridgehead atoms. The summed E-state index contributed by atoms with van der Waals surface area (Å²) in [6, 6.07) is 15.6. The monoisotopic (exact) mass is 434 g/mol. The van der Waals surface area contributed by atoms with Crippen molar-refractivity contribution in [1.82, 2.24) is 5.32 Å². The Balaban J connectivity index is 0.00000320. The summed E-state index contributed by atoms with van der Waals surface area (Å²) in [5.74, 6) is 0.856. The Bertz CT molecular complexity index is 787. The number of benzene rings is 2. The number of piperidine rings is 1. The molecule has 0 radical (unpaired) electrons. The zero-order valence-electron chi connectivity index (χ0n) is 17.6. The van der Waals surface area contributed by atoms with Crippen molar-refractivity contribution in [3.8, 4) is 5.75 Å². The van der Waals surface area contributed by atoms with Gasteiger partial charge in [0.25, 0.3) is 0 Å². The summed E-state index contributed by atoms with van der Waals surface area (Å²) in [7, 11) is 3.30. The van der Waals surface area contributed by atoms with Gasteiger partial charge >= 0.3 is 0 Å². The molecule has 3 rings (SSSR count). The van der Waals surface area contributed by atoms with Crippen LogP contribution in [0.5, 0.6) is 5.75 Å². The molecule has 7 heteroatoms. The standard InChI is InChI=1S/C23H30N2O4.ClH/c1-27-17-23(10-12-24-13-11-23)22(26)25-20-5-3-4-19(14-20)16-29-15-18-6-8-21(28-2)9-7-18;/h3-9,14,24H,10-13,15-17H2,1-2H3,(H,25,26);1H. The average Bonchev–Trinajstić information content (AvgIpc) is 2.75. The number of halogens is 1. The number of carbonyl (C=O) groups excluding carboxylic acids is 1. The molecular weight excluding hydrogens is 404 g/mol. The molecule has 2 aromatic carbocycles. The lowest BCUT2D eigenvalue weighted by Gasteiger charge is -2.35. The molecule has 164 valence electrons. The Morgan fingerprint density at radius 3 is 2.40 bits per heavy atom. The van der Waals surface area contributed by atoms with Crippen LogP contribution < -0.4 is 15.4 Å². The van der Waals surface area contributed by atoms with E-state index in [0.29, 0.717) is 19.8 Å². The van der Waals surface area contributed by atoms with Crippen LogP contribution >= 0.6 is 12.4 Å². The van der Waals surface area contributed by atoms with Gasteiger partial charge in [0.2, 0.25) is 5.91 Å². The van der Waals surface area contributed by atoms with E-state index in [2.05, 4.69) is 10.6 Å². The summed E-state index contributed by atoms with van der Waals surface area (Å²) >= 11 is 0. The molecule has 2 N–H and O–H groups in total. The second kappa shape index (κ2) is 11.9. The van der Waals surface area contributed by atoms with E-state index in [0.717, 1.165) is 48.5 Å². The van der Waals surface area contributed by atoms with Gasteiger partial charge in [-0.05, 0) is 61.3 Å². The van der Waals surface area contributed by atoms with Crippen molar-refractivity contribution < 1.29 is 19.0 Å². The number of amides is 1. The first-order valence-electron chi connectivity index (χ1n) is 9.96. The summed E-state index contributed by atoms with van der Waals surface area (Å²) in [5, 5.41) is 6.39. The van der Waals surface area contributed by atoms with Crippen LogP contribution in [0, 0.1) is 5.41 Å². The van der Waals surface area contributed by atoms with Gasteiger partial charge in [-0.1, -0.05) is 24.3 Å². The zero-order chi connectivity index (χ0) is 20.5. The lowest BCUT2D eigenvalue weighted by Crippen LogP contribution is -2.47. The summed E-state index contributed by atoms with van der Waals surface area (Å²) < 4.78 is 16.4. The Morgan fingerprint density at radius 2 is 1.73 bits per heavy atom. The van der Waals surface area contributed by atoms with Crippen molar-refractivity contribution >= 4 is 24.0 Å². The summed E-state index contributed by atoms with van der Waals surface area (Å²) in [4.78, 5) is 13.0. The van der Waals surface area contributed by atoms with E-state index in [1.807, 2.05) is 48.5 Å². The SMILES string of the molecule is COCC1(C(=O)Nc2cccc(COCc3ccc(OC)cc3)c2)CCNCC1.Cl. The molecule has 1 saturated heterocycles. The number of hydrogen-bond acceptors (Lipinski definition) is 5. The van der Waals surface area contributed by atoms with E-state index in [1.54, 1.807) is 14.2 Å². The molecule has 6 nitrogen and oxygen atoms in total. The van der Waals surface area contributed by atoms with E-state index in [1.165, 1.54) is 0 Å². The van der Waals surface area contributed by atoms with Crippen LogP contribution in [-0.4, -0.2) is 39.8 Å². The second-order valence-electron chi connectivity index (χ2n) is 7.46. The smallest absolute Gasteiger partial charge is 0.233 e. The molecular formula is C23H31ClN2O4. The lowest BCUT2D eigenvalue weighted by atomic mass is 9.78. The molecule has 1 fully saturated rings. The normalized spacial score (nSPS) is 15.1. The lowest BCUT2D eigenvalue weighted by molar-refractivity contribution is -0.130. The molecule has 2 aromatic rings. The summed E-state index contributed by atoms with van der Waals surface area (Å²) in [5.41, 5.74) is 2.42. The van der Waals surface area contributed by atoms with Crippen LogP contribution in [0.25, 0.3) is 0 Å². The Hall–Kier alpha value is -2.12. The number of rotatable bonds is 9. The minimum atomic E-state index is -0.471. The second-order valence-corrected chi connectivity index (χ2v) is 7.46. The highest BCUT2D eigenvalue weighted by atomic mass is 35.5. The third kappa shape index (κ3) is 6.44. The van der Waals surface area contributed by atoms with E-state index < -0.39 is 5.41 Å². The maximum atomic E-state index is 13.0. The first-order chi connectivity index (χ1) is 14.1. The van der Waals surface area contributed by atoms with Gasteiger partial charge < -0.3 is 24.8 Å². The molecule has 0 atom stereocenters. The van der Waals surface area contributed by atoms with Crippen LogP contribution in [0.15, 0.2) is 48.5 Å². The molecule has 1 aliphatic rings. The summed E-state index contributed by atoms with van der Waals surface area (Å²) in [6.45, 7) is 3.09. The first-order valence-corrected chi connectivity index (χ1v) is 9.96. The molecule has 1 amide bonds. The number of methoxy groups -OCH3 is 2. The maximum absolute atomic E-state index is 13.0. The van der Waals surface area contributed by atoms with Gasteiger partial charge in [0.1, 0.15) is 5.75 Å². The van der Waals surface area contributed by atoms with Crippen LogP contribution in [0.4, 0.5) is 5.69 Å². The fourth-order valence-corrected chi connectivity index (χ4v) is 3.63. The van der Waals surface area contributed by atoms with Gasteiger partial charge in [0.05, 0.1) is 32.3 Å². The predicted molar refractivity (Wildman–Crippen MR) is 120 cm³/mol. The van der Waals surface area contributed by atoms with E-state index in [-0.39, 0.29) is 18.3 Å². The molecule has 0 aliphatic carbocycles. The van der Waals surface area contributed by atoms with Gasteiger partial charge in [-0.2, -0.15) is 0 Å². The van der Waals surface area contributed by atoms with Crippen LogP contribution in [0.2, 0.25) is 0 Å². The molecule has 0 spiro atoms. The number of hydrogen-bond donors (Lipinski definition) is 2. The van der Waals surface area contributed by atoms with Crippen molar-refractivity contribution in [2.45, 2.75) is 26.1 Å². The third-order valence-corrected chi connectivity index (χ3v) is 5.34. The minimum absolute atomic E-state index is 0. The molecule has 0 aromatic heterocycles. The zero-order valence-corrected chi connectivity index (χ0v) is 18.4.